The average molecular weight is 558 g/mol. The second kappa shape index (κ2) is 11.1. The van der Waals surface area contributed by atoms with Gasteiger partial charge in [-0.05, 0) is 44.7 Å². The van der Waals surface area contributed by atoms with Crippen LogP contribution in [0.1, 0.15) is 72.6 Å². The average Bonchev–Trinajstić information content (AvgIpc) is 3.59. The number of hydrogen-bond acceptors (Lipinski definition) is 7. The molecule has 11 nitrogen and oxygen atoms in total. The third-order valence-electron chi connectivity index (χ3n) is 7.79. The zero-order valence-corrected chi connectivity index (χ0v) is 23.2. The number of amides is 3. The molecule has 3 amide bonds. The second-order valence-electron chi connectivity index (χ2n) is 10.6. The largest absolute Gasteiger partial charge is 0.376 e. The standard InChI is InChI=1S/C27H35N5O6S/c1-18-22(16-30(2)29-18)25(26(34)28-19-9-4-3-5-10-19)31(15-20-11-8-14-38-20)24(33)17-32-27(35)21-12-6-7-13-23(21)39(32,36)37/h6-7,12-13,16,19-20,25H,3-5,8-11,14-15,17H2,1-2H3,(H,28,34). The van der Waals surface area contributed by atoms with Crippen LogP contribution in [0.3, 0.4) is 0 Å². The fraction of sp³-hybridized carbons (Fsp3) is 0.556. The Bertz CT molecular complexity index is 1360. The predicted molar refractivity (Wildman–Crippen MR) is 141 cm³/mol. The van der Waals surface area contributed by atoms with Gasteiger partial charge in [-0.3, -0.25) is 19.1 Å². The molecule has 2 atom stereocenters. The Hall–Kier alpha value is -3.25. The summed E-state index contributed by atoms with van der Waals surface area (Å²) in [6.07, 6.45) is 7.84. The number of aryl methyl sites for hydroxylation is 2. The van der Waals surface area contributed by atoms with Gasteiger partial charge < -0.3 is 15.0 Å². The van der Waals surface area contributed by atoms with Crippen molar-refractivity contribution in [3.63, 3.8) is 0 Å². The molecule has 12 heteroatoms. The summed E-state index contributed by atoms with van der Waals surface area (Å²) in [6, 6.07) is 4.86. The van der Waals surface area contributed by atoms with Crippen LogP contribution < -0.4 is 5.32 Å². The molecule has 1 aromatic carbocycles. The van der Waals surface area contributed by atoms with Gasteiger partial charge in [0.25, 0.3) is 15.9 Å². The zero-order chi connectivity index (χ0) is 27.7. The van der Waals surface area contributed by atoms with Crippen LogP contribution in [0.4, 0.5) is 0 Å². The van der Waals surface area contributed by atoms with Crippen molar-refractivity contribution in [2.75, 3.05) is 19.7 Å². The molecule has 5 rings (SSSR count). The molecular formula is C27H35N5O6S. The van der Waals surface area contributed by atoms with Crippen LogP contribution in [-0.2, 0) is 31.4 Å². The maximum Gasteiger partial charge on any atom is 0.269 e. The summed E-state index contributed by atoms with van der Waals surface area (Å²) in [5, 5.41) is 7.54. The number of hydrogen-bond donors (Lipinski definition) is 1. The van der Waals surface area contributed by atoms with Crippen molar-refractivity contribution < 1.29 is 27.5 Å². The number of sulfonamides is 1. The molecule has 2 unspecified atom stereocenters. The van der Waals surface area contributed by atoms with Gasteiger partial charge in [0.2, 0.25) is 11.8 Å². The highest BCUT2D eigenvalue weighted by molar-refractivity contribution is 7.90. The first kappa shape index (κ1) is 27.3. The van der Waals surface area contributed by atoms with E-state index >= 15 is 0 Å². The van der Waals surface area contributed by atoms with Crippen LogP contribution in [-0.4, -0.2) is 77.0 Å². The predicted octanol–water partition coefficient (Wildman–Crippen LogP) is 2.07. The molecule has 1 N–H and O–H groups in total. The maximum absolute atomic E-state index is 14.0. The summed E-state index contributed by atoms with van der Waals surface area (Å²) in [7, 11) is -2.46. The summed E-state index contributed by atoms with van der Waals surface area (Å²) >= 11 is 0. The van der Waals surface area contributed by atoms with E-state index in [4.69, 9.17) is 4.74 Å². The van der Waals surface area contributed by atoms with E-state index in [0.29, 0.717) is 28.6 Å². The molecule has 1 aromatic heterocycles. The Morgan fingerprint density at radius 2 is 1.90 bits per heavy atom. The van der Waals surface area contributed by atoms with Gasteiger partial charge >= 0.3 is 0 Å². The lowest BCUT2D eigenvalue weighted by Crippen LogP contribution is -2.52. The SMILES string of the molecule is Cc1nn(C)cc1C(C(=O)NC1CCCCC1)N(CC1CCCO1)C(=O)CN1C(=O)c2ccccc2S1(=O)=O. The van der Waals surface area contributed by atoms with Gasteiger partial charge in [0, 0.05) is 38.0 Å². The minimum atomic E-state index is -4.20. The highest BCUT2D eigenvalue weighted by Crippen LogP contribution is 2.32. The second-order valence-corrected chi connectivity index (χ2v) is 12.4. The zero-order valence-electron chi connectivity index (χ0n) is 22.3. The highest BCUT2D eigenvalue weighted by atomic mass is 32.2. The van der Waals surface area contributed by atoms with E-state index in [-0.39, 0.29) is 35.1 Å². The lowest BCUT2D eigenvalue weighted by molar-refractivity contribution is -0.143. The van der Waals surface area contributed by atoms with Crippen molar-refractivity contribution in [3.05, 3.63) is 47.3 Å². The van der Waals surface area contributed by atoms with E-state index in [1.165, 1.54) is 23.1 Å². The van der Waals surface area contributed by atoms with E-state index in [1.54, 1.807) is 30.9 Å². The number of aromatic nitrogens is 2. The van der Waals surface area contributed by atoms with Crippen LogP contribution >= 0.6 is 0 Å². The Kier molecular flexibility index (Phi) is 7.77. The molecule has 1 aliphatic carbocycles. The van der Waals surface area contributed by atoms with Gasteiger partial charge in [-0.2, -0.15) is 5.10 Å². The summed E-state index contributed by atoms with van der Waals surface area (Å²) in [5.74, 6) is -1.75. The number of carbonyl (C=O) groups excluding carboxylic acids is 3. The number of carbonyl (C=O) groups is 3. The third kappa shape index (κ3) is 5.44. The molecule has 1 saturated heterocycles. The summed E-state index contributed by atoms with van der Waals surface area (Å²) in [6.45, 7) is 1.70. The van der Waals surface area contributed by atoms with Crippen LogP contribution in [0.2, 0.25) is 0 Å². The van der Waals surface area contributed by atoms with Crippen molar-refractivity contribution in [1.82, 2.24) is 24.3 Å². The first-order valence-electron chi connectivity index (χ1n) is 13.5. The van der Waals surface area contributed by atoms with Crippen molar-refractivity contribution >= 4 is 27.7 Å². The number of fused-ring (bicyclic) bond motifs is 1. The molecular weight excluding hydrogens is 522 g/mol. The number of nitrogens with one attached hydrogen (secondary N) is 1. The van der Waals surface area contributed by atoms with Crippen LogP contribution in [0.15, 0.2) is 35.4 Å². The molecule has 3 heterocycles. The Balaban J connectivity index is 1.49. The first-order valence-corrected chi connectivity index (χ1v) is 15.0. The first-order chi connectivity index (χ1) is 18.7. The molecule has 210 valence electrons. The molecule has 2 aromatic rings. The lowest BCUT2D eigenvalue weighted by Gasteiger charge is -2.35. The van der Waals surface area contributed by atoms with E-state index in [2.05, 4.69) is 10.4 Å². The van der Waals surface area contributed by atoms with Crippen molar-refractivity contribution in [2.45, 2.75) is 75.0 Å². The quantitative estimate of drug-likeness (QED) is 0.526. The monoisotopic (exact) mass is 557 g/mol. The van der Waals surface area contributed by atoms with Gasteiger partial charge in [0.05, 0.1) is 17.4 Å². The van der Waals surface area contributed by atoms with Crippen LogP contribution in [0.25, 0.3) is 0 Å². The number of ether oxygens (including phenoxy) is 1. The van der Waals surface area contributed by atoms with Gasteiger partial charge in [0.1, 0.15) is 17.5 Å². The van der Waals surface area contributed by atoms with E-state index in [1.807, 2.05) is 0 Å². The van der Waals surface area contributed by atoms with Gasteiger partial charge in [-0.25, -0.2) is 12.7 Å². The molecule has 0 bridgehead atoms. The smallest absolute Gasteiger partial charge is 0.269 e. The Morgan fingerprint density at radius 1 is 1.15 bits per heavy atom. The molecule has 39 heavy (non-hydrogen) atoms. The number of rotatable bonds is 8. The minimum absolute atomic E-state index is 0.000414. The molecule has 3 aliphatic rings. The molecule has 0 spiro atoms. The fourth-order valence-electron chi connectivity index (χ4n) is 5.82. The normalized spacial score (nSPS) is 21.5. The molecule has 2 fully saturated rings. The summed E-state index contributed by atoms with van der Waals surface area (Å²) < 4.78 is 34.4. The van der Waals surface area contributed by atoms with Gasteiger partial charge in [-0.15, -0.1) is 0 Å². The van der Waals surface area contributed by atoms with Gasteiger partial charge in [-0.1, -0.05) is 31.4 Å². The topological polar surface area (TPSA) is 131 Å². The van der Waals surface area contributed by atoms with Crippen LogP contribution in [0.5, 0.6) is 0 Å². The van der Waals surface area contributed by atoms with Crippen molar-refractivity contribution in [3.8, 4) is 0 Å². The summed E-state index contributed by atoms with van der Waals surface area (Å²) in [4.78, 5) is 42.2. The Labute approximate surface area is 228 Å². The summed E-state index contributed by atoms with van der Waals surface area (Å²) in [5.41, 5.74) is 1.17. The molecule has 2 aliphatic heterocycles. The molecule has 1 saturated carbocycles. The van der Waals surface area contributed by atoms with E-state index < -0.39 is 34.4 Å². The highest BCUT2D eigenvalue weighted by Gasteiger charge is 2.44. The van der Waals surface area contributed by atoms with Gasteiger partial charge in [0.15, 0.2) is 0 Å². The molecule has 0 radical (unpaired) electrons. The third-order valence-corrected chi connectivity index (χ3v) is 9.58. The number of nitrogens with zero attached hydrogens (tertiary/aromatic N) is 4. The number of benzene rings is 1. The van der Waals surface area contributed by atoms with E-state index in [9.17, 15) is 22.8 Å². The van der Waals surface area contributed by atoms with Crippen molar-refractivity contribution in [2.24, 2.45) is 7.05 Å². The lowest BCUT2D eigenvalue weighted by atomic mass is 9.94. The van der Waals surface area contributed by atoms with Crippen molar-refractivity contribution in [1.29, 1.82) is 0 Å². The maximum atomic E-state index is 14.0. The van der Waals surface area contributed by atoms with Crippen LogP contribution in [0, 0.1) is 6.92 Å². The fourth-order valence-corrected chi connectivity index (χ4v) is 7.34. The Morgan fingerprint density at radius 3 is 2.54 bits per heavy atom. The minimum Gasteiger partial charge on any atom is -0.376 e. The van der Waals surface area contributed by atoms with E-state index in [0.717, 1.165) is 38.5 Å².